The summed E-state index contributed by atoms with van der Waals surface area (Å²) in [6.07, 6.45) is 2.55. The number of carboxylic acids is 1. The summed E-state index contributed by atoms with van der Waals surface area (Å²) < 4.78 is 34.6. The van der Waals surface area contributed by atoms with Crippen LogP contribution in [0.5, 0.6) is 5.75 Å². The van der Waals surface area contributed by atoms with E-state index in [2.05, 4.69) is 11.9 Å². The van der Waals surface area contributed by atoms with Crippen LogP contribution < -0.4 is 10.1 Å². The van der Waals surface area contributed by atoms with Crippen molar-refractivity contribution in [2.24, 2.45) is 0 Å². The highest BCUT2D eigenvalue weighted by Gasteiger charge is 2.22. The first-order chi connectivity index (χ1) is 15.9. The molecule has 0 aliphatic carbocycles. The zero-order valence-electron chi connectivity index (χ0n) is 20.5. The second kappa shape index (κ2) is 13.9. The lowest BCUT2D eigenvalue weighted by atomic mass is 10.1. The van der Waals surface area contributed by atoms with Crippen molar-refractivity contribution in [2.75, 3.05) is 19.8 Å². The van der Waals surface area contributed by atoms with Gasteiger partial charge in [-0.25, -0.2) is 4.79 Å². The first-order valence-electron chi connectivity index (χ1n) is 11.1. The van der Waals surface area contributed by atoms with Crippen LogP contribution in [0, 0.1) is 0 Å². The molecule has 9 nitrogen and oxygen atoms in total. The molecule has 1 aromatic rings. The summed E-state index contributed by atoms with van der Waals surface area (Å²) in [4.78, 5) is 23.3. The largest absolute Gasteiger partial charge is 0.491 e. The minimum atomic E-state index is -3.42. The number of carbonyl (C=O) groups is 2. The number of carbonyl (C=O) groups excluding carboxylic acids is 1. The van der Waals surface area contributed by atoms with Crippen molar-refractivity contribution in [3.63, 3.8) is 0 Å². The van der Waals surface area contributed by atoms with Crippen LogP contribution in [0.15, 0.2) is 30.6 Å². The molecule has 0 fully saturated rings. The third-order valence-corrected chi connectivity index (χ3v) is 5.95. The maximum atomic E-state index is 12.8. The molecular formula is C24H36NO8P. The van der Waals surface area contributed by atoms with Crippen LogP contribution in [-0.2, 0) is 23.1 Å². The van der Waals surface area contributed by atoms with E-state index in [0.717, 1.165) is 5.56 Å². The van der Waals surface area contributed by atoms with Gasteiger partial charge in [0.05, 0.1) is 19.3 Å². The normalized spacial score (nSPS) is 12.9. The number of hydrogen-bond donors (Lipinski definition) is 2. The molecule has 0 spiro atoms. The molecule has 0 unspecified atom stereocenters. The summed E-state index contributed by atoms with van der Waals surface area (Å²) in [7, 11) is -3.42. The molecule has 190 valence electrons. The van der Waals surface area contributed by atoms with Crippen LogP contribution >= 0.6 is 7.60 Å². The fourth-order valence-corrected chi connectivity index (χ4v) is 4.06. The zero-order valence-corrected chi connectivity index (χ0v) is 21.4. The summed E-state index contributed by atoms with van der Waals surface area (Å²) in [6, 6.07) is 4.69. The van der Waals surface area contributed by atoms with Crippen molar-refractivity contribution in [3.8, 4) is 5.75 Å². The first kappa shape index (κ1) is 29.4. The fourth-order valence-electron chi connectivity index (χ4n) is 2.75. The molecule has 0 radical (unpaired) electrons. The van der Waals surface area contributed by atoms with Gasteiger partial charge in [0.15, 0.2) is 0 Å². The van der Waals surface area contributed by atoms with Gasteiger partial charge in [-0.15, -0.1) is 0 Å². The number of ether oxygens (including phenoxy) is 2. The minimum Gasteiger partial charge on any atom is -0.491 e. The summed E-state index contributed by atoms with van der Waals surface area (Å²) in [5.74, 6) is 0.812. The quantitative estimate of drug-likeness (QED) is 0.314. The van der Waals surface area contributed by atoms with E-state index in [4.69, 9.17) is 23.6 Å². The Hall–Kier alpha value is -2.61. The molecule has 1 atom stereocenters. The Bertz CT molecular complexity index is 897. The summed E-state index contributed by atoms with van der Waals surface area (Å²) in [6.45, 7) is 12.8. The van der Waals surface area contributed by atoms with Crippen molar-refractivity contribution in [1.82, 2.24) is 5.32 Å². The van der Waals surface area contributed by atoms with Crippen molar-refractivity contribution in [3.05, 3.63) is 41.7 Å². The lowest BCUT2D eigenvalue weighted by Gasteiger charge is -2.24. The highest BCUT2D eigenvalue weighted by molar-refractivity contribution is 7.57. The summed E-state index contributed by atoms with van der Waals surface area (Å²) in [5.41, 5.74) is 0.680. The Morgan fingerprint density at radius 1 is 1.21 bits per heavy atom. The molecule has 0 aliphatic heterocycles. The lowest BCUT2D eigenvalue weighted by Crippen LogP contribution is -2.42. The molecule has 0 heterocycles. The van der Waals surface area contributed by atoms with Crippen LogP contribution in [0.2, 0.25) is 0 Å². The first-order valence-corrected chi connectivity index (χ1v) is 12.7. The average molecular weight is 498 g/mol. The molecule has 1 rings (SSSR count). The van der Waals surface area contributed by atoms with Gasteiger partial charge in [0.25, 0.3) is 0 Å². The van der Waals surface area contributed by atoms with E-state index >= 15 is 0 Å². The predicted molar refractivity (Wildman–Crippen MR) is 132 cm³/mol. The van der Waals surface area contributed by atoms with Crippen LogP contribution in [0.25, 0.3) is 12.2 Å². The van der Waals surface area contributed by atoms with E-state index in [9.17, 15) is 14.2 Å². The number of aliphatic carboxylic acids is 1. The number of rotatable bonds is 14. The molecule has 0 aromatic heterocycles. The molecule has 0 saturated carbocycles. The number of alkyl carbamates (subject to hydrolysis) is 1. The maximum Gasteiger partial charge on any atom is 0.407 e. The molecule has 1 amide bonds. The molecule has 1 aromatic carbocycles. The molecule has 0 aliphatic rings. The number of benzene rings is 1. The third kappa shape index (κ3) is 11.5. The highest BCUT2D eigenvalue weighted by Crippen LogP contribution is 2.50. The topological polar surface area (TPSA) is 120 Å². The fraction of sp³-hybridized carbons (Fsp3) is 0.500. The van der Waals surface area contributed by atoms with Crippen LogP contribution in [0.4, 0.5) is 4.79 Å². The van der Waals surface area contributed by atoms with Crippen molar-refractivity contribution < 1.29 is 37.8 Å². The SMILES string of the molecule is C=Cc1ccc(C=CP(=O)(OCC)OCC)c(OC[C@H](CCC(=O)O)NC(=O)OC(C)(C)C)c1. The maximum absolute atomic E-state index is 12.8. The van der Waals surface area contributed by atoms with Crippen LogP contribution in [0.3, 0.4) is 0 Å². The van der Waals surface area contributed by atoms with Gasteiger partial charge in [-0.3, -0.25) is 9.36 Å². The number of hydrogen-bond acceptors (Lipinski definition) is 7. The molecular weight excluding hydrogens is 461 g/mol. The van der Waals surface area contributed by atoms with E-state index in [0.29, 0.717) is 11.3 Å². The third-order valence-electron chi connectivity index (χ3n) is 4.20. The molecule has 34 heavy (non-hydrogen) atoms. The van der Waals surface area contributed by atoms with Crippen LogP contribution in [-0.4, -0.2) is 48.6 Å². The van der Waals surface area contributed by atoms with Gasteiger partial charge < -0.3 is 28.9 Å². The lowest BCUT2D eigenvalue weighted by molar-refractivity contribution is -0.137. The van der Waals surface area contributed by atoms with E-state index in [1.54, 1.807) is 58.9 Å². The van der Waals surface area contributed by atoms with Gasteiger partial charge in [-0.2, -0.15) is 0 Å². The molecule has 0 bridgehead atoms. The number of nitrogens with one attached hydrogen (secondary N) is 1. The van der Waals surface area contributed by atoms with Crippen molar-refractivity contribution >= 4 is 31.8 Å². The Balaban J connectivity index is 3.10. The van der Waals surface area contributed by atoms with Gasteiger partial charge in [-0.05, 0) is 58.7 Å². The smallest absolute Gasteiger partial charge is 0.407 e. The summed E-state index contributed by atoms with van der Waals surface area (Å²) in [5, 5.41) is 11.7. The van der Waals surface area contributed by atoms with Crippen molar-refractivity contribution in [1.29, 1.82) is 0 Å². The molecule has 0 saturated heterocycles. The zero-order chi connectivity index (χ0) is 25.8. The van der Waals surface area contributed by atoms with Crippen LogP contribution in [0.1, 0.15) is 58.6 Å². The van der Waals surface area contributed by atoms with Gasteiger partial charge in [0.2, 0.25) is 0 Å². The van der Waals surface area contributed by atoms with Gasteiger partial charge in [0, 0.05) is 17.8 Å². The number of amides is 1. The van der Waals surface area contributed by atoms with E-state index < -0.39 is 31.3 Å². The van der Waals surface area contributed by atoms with Crippen molar-refractivity contribution in [2.45, 2.75) is 59.1 Å². The Labute approximate surface area is 201 Å². The minimum absolute atomic E-state index is 0.0114. The van der Waals surface area contributed by atoms with Gasteiger partial charge in [-0.1, -0.05) is 24.8 Å². The molecule has 2 N–H and O–H groups in total. The predicted octanol–water partition coefficient (Wildman–Crippen LogP) is 5.70. The summed E-state index contributed by atoms with van der Waals surface area (Å²) >= 11 is 0. The van der Waals surface area contributed by atoms with E-state index in [1.165, 1.54) is 5.82 Å². The second-order valence-electron chi connectivity index (χ2n) is 8.28. The monoisotopic (exact) mass is 497 g/mol. The standard InChI is InChI=1S/C24H36NO8P/c1-7-18-10-11-19(14-15-34(29,31-8-2)32-9-3)21(16-18)30-17-20(12-13-22(26)27)25-23(28)33-24(4,5)6/h7,10-11,14-16,20H,1,8-9,12-13,17H2,2-6H3,(H,25,28)(H,26,27)/t20-/m0/s1. The Morgan fingerprint density at radius 2 is 1.85 bits per heavy atom. The van der Waals surface area contributed by atoms with E-state index in [1.807, 2.05) is 6.07 Å². The molecule has 10 heteroatoms. The van der Waals surface area contributed by atoms with Gasteiger partial charge in [0.1, 0.15) is 18.0 Å². The Kier molecular flexibility index (Phi) is 12.1. The highest BCUT2D eigenvalue weighted by atomic mass is 31.2. The Morgan fingerprint density at radius 3 is 2.38 bits per heavy atom. The second-order valence-corrected chi connectivity index (χ2v) is 10.2. The average Bonchev–Trinajstić information content (AvgIpc) is 2.73. The van der Waals surface area contributed by atoms with Gasteiger partial charge >= 0.3 is 19.7 Å². The number of carboxylic acid groups (broad SMARTS) is 1. The van der Waals surface area contributed by atoms with E-state index in [-0.39, 0.29) is 32.7 Å².